The quantitative estimate of drug-likeness (QED) is 0.259. The molecule has 0 heterocycles. The molecule has 0 saturated heterocycles. The number of unbranched alkanes of at least 4 members (excludes halogenated alkanes) is 1. The highest BCUT2D eigenvalue weighted by Gasteiger charge is 2.07. The van der Waals surface area contributed by atoms with E-state index in [2.05, 4.69) is 0 Å². The summed E-state index contributed by atoms with van der Waals surface area (Å²) in [5.74, 6) is -0.355. The van der Waals surface area contributed by atoms with Crippen LogP contribution in [-0.4, -0.2) is 17.5 Å². The van der Waals surface area contributed by atoms with Gasteiger partial charge in [-0.15, -0.1) is 0 Å². The summed E-state index contributed by atoms with van der Waals surface area (Å²) in [5.41, 5.74) is 1.24. The first-order valence-electron chi connectivity index (χ1n) is 6.14. The van der Waals surface area contributed by atoms with Crippen molar-refractivity contribution in [2.75, 3.05) is 6.61 Å². The predicted molar refractivity (Wildman–Crippen MR) is 72.6 cm³/mol. The Morgan fingerprint density at radius 1 is 1.37 bits per heavy atom. The van der Waals surface area contributed by atoms with E-state index >= 15 is 0 Å². The Kier molecular flexibility index (Phi) is 5.73. The summed E-state index contributed by atoms with van der Waals surface area (Å²) in [5, 5.41) is 10.5. The molecular formula is C14H17NO4. The van der Waals surface area contributed by atoms with Crippen LogP contribution < -0.4 is 0 Å². The number of rotatable bonds is 6. The number of nitrogens with zero attached hydrogens (tertiary/aromatic N) is 1. The van der Waals surface area contributed by atoms with Crippen LogP contribution in [0, 0.1) is 10.1 Å². The van der Waals surface area contributed by atoms with Crippen molar-refractivity contribution in [2.24, 2.45) is 0 Å². The van der Waals surface area contributed by atoms with Gasteiger partial charge in [-0.05, 0) is 37.1 Å². The van der Waals surface area contributed by atoms with Gasteiger partial charge in [0.2, 0.25) is 0 Å². The second kappa shape index (κ2) is 7.31. The van der Waals surface area contributed by atoms with Crippen molar-refractivity contribution in [1.82, 2.24) is 0 Å². The van der Waals surface area contributed by atoms with Crippen LogP contribution in [0.1, 0.15) is 32.3 Å². The van der Waals surface area contributed by atoms with E-state index in [1.165, 1.54) is 12.1 Å². The molecule has 0 saturated carbocycles. The molecule has 1 aromatic carbocycles. The molecule has 0 aliphatic rings. The number of benzene rings is 1. The molecule has 0 radical (unpaired) electrons. The van der Waals surface area contributed by atoms with Gasteiger partial charge in [-0.25, -0.2) is 4.79 Å². The fourth-order valence-electron chi connectivity index (χ4n) is 1.42. The third-order valence-corrected chi connectivity index (χ3v) is 2.54. The van der Waals surface area contributed by atoms with Gasteiger partial charge in [-0.2, -0.15) is 0 Å². The molecule has 0 aliphatic carbocycles. The number of esters is 1. The minimum atomic E-state index is -0.459. The van der Waals surface area contributed by atoms with Gasteiger partial charge >= 0.3 is 5.97 Å². The Labute approximate surface area is 112 Å². The van der Waals surface area contributed by atoms with Gasteiger partial charge in [0.1, 0.15) is 0 Å². The maximum absolute atomic E-state index is 11.6. The van der Waals surface area contributed by atoms with Crippen molar-refractivity contribution in [3.8, 4) is 0 Å². The fraction of sp³-hybridized carbons (Fsp3) is 0.357. The van der Waals surface area contributed by atoms with E-state index in [0.717, 1.165) is 18.4 Å². The number of carbonyl (C=O) groups excluding carboxylic acids is 1. The van der Waals surface area contributed by atoms with E-state index in [1.54, 1.807) is 25.1 Å². The molecule has 1 rings (SSSR count). The zero-order chi connectivity index (χ0) is 14.3. The van der Waals surface area contributed by atoms with Crippen molar-refractivity contribution >= 4 is 17.7 Å². The zero-order valence-corrected chi connectivity index (χ0v) is 11.1. The number of hydrogen-bond acceptors (Lipinski definition) is 4. The van der Waals surface area contributed by atoms with Gasteiger partial charge in [0.05, 0.1) is 11.5 Å². The van der Waals surface area contributed by atoms with E-state index < -0.39 is 4.92 Å². The lowest BCUT2D eigenvalue weighted by atomic mass is 10.1. The number of nitro benzene ring substituents is 1. The minimum absolute atomic E-state index is 0.0281. The molecule has 0 amide bonds. The number of hydrogen-bond donors (Lipinski definition) is 0. The Morgan fingerprint density at radius 2 is 2.00 bits per heavy atom. The van der Waals surface area contributed by atoms with Gasteiger partial charge in [0.15, 0.2) is 0 Å². The van der Waals surface area contributed by atoms with E-state index in [-0.39, 0.29) is 11.7 Å². The van der Waals surface area contributed by atoms with Crippen LogP contribution in [0.15, 0.2) is 29.8 Å². The lowest BCUT2D eigenvalue weighted by Gasteiger charge is -2.03. The Balaban J connectivity index is 2.67. The summed E-state index contributed by atoms with van der Waals surface area (Å²) < 4.78 is 5.06. The average Bonchev–Trinajstić information content (AvgIpc) is 2.39. The standard InChI is InChI=1S/C14H17NO4/c1-3-4-9-19-14(16)11(2)10-12-5-7-13(8-6-12)15(17)18/h5-8,10H,3-4,9H2,1-2H3/b11-10+. The number of nitro groups is 1. The Morgan fingerprint density at radius 3 is 2.53 bits per heavy atom. The van der Waals surface area contributed by atoms with E-state index in [9.17, 15) is 14.9 Å². The second-order valence-corrected chi connectivity index (χ2v) is 4.17. The molecule has 1 aromatic rings. The normalized spacial score (nSPS) is 11.2. The lowest BCUT2D eigenvalue weighted by molar-refractivity contribution is -0.384. The molecule has 0 N–H and O–H groups in total. The summed E-state index contributed by atoms with van der Waals surface area (Å²) in [6.07, 6.45) is 3.47. The predicted octanol–water partition coefficient (Wildman–Crippen LogP) is 3.34. The summed E-state index contributed by atoms with van der Waals surface area (Å²) in [4.78, 5) is 21.6. The van der Waals surface area contributed by atoms with Crippen LogP contribution in [0.2, 0.25) is 0 Å². The molecular weight excluding hydrogens is 246 g/mol. The summed E-state index contributed by atoms with van der Waals surface area (Å²) in [7, 11) is 0. The van der Waals surface area contributed by atoms with Gasteiger partial charge < -0.3 is 4.74 Å². The molecule has 0 spiro atoms. The first kappa shape index (κ1) is 14.9. The third-order valence-electron chi connectivity index (χ3n) is 2.54. The lowest BCUT2D eigenvalue weighted by Crippen LogP contribution is -2.06. The van der Waals surface area contributed by atoms with Crippen LogP contribution in [-0.2, 0) is 9.53 Å². The summed E-state index contributed by atoms with van der Waals surface area (Å²) >= 11 is 0. The molecule has 19 heavy (non-hydrogen) atoms. The minimum Gasteiger partial charge on any atom is -0.462 e. The highest BCUT2D eigenvalue weighted by molar-refractivity contribution is 5.93. The van der Waals surface area contributed by atoms with Crippen molar-refractivity contribution in [3.63, 3.8) is 0 Å². The Bertz CT molecular complexity index is 477. The van der Waals surface area contributed by atoms with Crippen LogP contribution in [0.5, 0.6) is 0 Å². The van der Waals surface area contributed by atoms with Crippen molar-refractivity contribution in [3.05, 3.63) is 45.5 Å². The van der Waals surface area contributed by atoms with Crippen molar-refractivity contribution < 1.29 is 14.5 Å². The maximum atomic E-state index is 11.6. The monoisotopic (exact) mass is 263 g/mol. The van der Waals surface area contributed by atoms with Crippen LogP contribution in [0.4, 0.5) is 5.69 Å². The second-order valence-electron chi connectivity index (χ2n) is 4.17. The summed E-state index contributed by atoms with van der Waals surface area (Å²) in [6.45, 7) is 4.10. The number of carbonyl (C=O) groups is 1. The fourth-order valence-corrected chi connectivity index (χ4v) is 1.42. The van der Waals surface area contributed by atoms with Crippen molar-refractivity contribution in [2.45, 2.75) is 26.7 Å². The zero-order valence-electron chi connectivity index (χ0n) is 11.1. The van der Waals surface area contributed by atoms with E-state index in [1.807, 2.05) is 6.92 Å². The third kappa shape index (κ3) is 4.91. The van der Waals surface area contributed by atoms with Gasteiger partial charge in [-0.3, -0.25) is 10.1 Å². The van der Waals surface area contributed by atoms with Crippen molar-refractivity contribution in [1.29, 1.82) is 0 Å². The maximum Gasteiger partial charge on any atom is 0.333 e. The molecule has 0 fully saturated rings. The van der Waals surface area contributed by atoms with Crippen LogP contribution in [0.3, 0.4) is 0 Å². The average molecular weight is 263 g/mol. The SMILES string of the molecule is CCCCOC(=O)/C(C)=C/c1ccc([N+](=O)[O-])cc1. The van der Waals surface area contributed by atoms with Crippen LogP contribution >= 0.6 is 0 Å². The Hall–Kier alpha value is -2.17. The first-order valence-corrected chi connectivity index (χ1v) is 6.14. The van der Waals surface area contributed by atoms with E-state index in [4.69, 9.17) is 4.74 Å². The number of ether oxygens (including phenoxy) is 1. The number of non-ortho nitro benzene ring substituents is 1. The molecule has 102 valence electrons. The molecule has 0 aromatic heterocycles. The molecule has 0 bridgehead atoms. The smallest absolute Gasteiger partial charge is 0.333 e. The van der Waals surface area contributed by atoms with Gasteiger partial charge in [0.25, 0.3) is 5.69 Å². The topological polar surface area (TPSA) is 69.4 Å². The molecule has 5 nitrogen and oxygen atoms in total. The van der Waals surface area contributed by atoms with Gasteiger partial charge in [-0.1, -0.05) is 13.3 Å². The van der Waals surface area contributed by atoms with Crippen LogP contribution in [0.25, 0.3) is 6.08 Å². The van der Waals surface area contributed by atoms with E-state index in [0.29, 0.717) is 12.2 Å². The summed E-state index contributed by atoms with van der Waals surface area (Å²) in [6, 6.07) is 6.00. The van der Waals surface area contributed by atoms with Gasteiger partial charge in [0, 0.05) is 17.7 Å². The molecule has 0 aliphatic heterocycles. The first-order chi connectivity index (χ1) is 9.04. The molecule has 5 heteroatoms. The molecule has 0 atom stereocenters. The largest absolute Gasteiger partial charge is 0.462 e. The highest BCUT2D eigenvalue weighted by Crippen LogP contribution is 2.14. The highest BCUT2D eigenvalue weighted by atomic mass is 16.6. The molecule has 0 unspecified atom stereocenters.